The van der Waals surface area contributed by atoms with E-state index in [1.54, 1.807) is 0 Å². The average molecular weight is 559 g/mol. The van der Waals surface area contributed by atoms with Crippen LogP contribution in [0.3, 0.4) is 0 Å². The number of carbonyl (C=O) groups excluding carboxylic acids is 2. The molecular formula is C20H44O8SiSn. The first-order chi connectivity index (χ1) is 13.5. The Morgan fingerprint density at radius 3 is 0.867 bits per heavy atom. The van der Waals surface area contributed by atoms with Crippen LogP contribution in [0.4, 0.5) is 0 Å². The number of unbranched alkanes of at least 4 members (excludes halogenated alkanes) is 2. The topological polar surface area (TPSA) is 117 Å². The molecule has 180 valence electrons. The van der Waals surface area contributed by atoms with E-state index in [-0.39, 0.29) is 23.9 Å². The molecule has 0 N–H and O–H groups in total. The standard InChI is InChI=1S/C8H20O4Si.2C4H9.2C2H4O2.Sn/c1-5-9-13(10-6-2,11-7-3)12-8-4;2*1-3-4-2;2*1-2(3)4;/h5-8H2,1-4H3;2*1,3-4H2,2H3;2*1H3,(H,3,4);/q;;;;;+2/p-2. The Balaban J connectivity index is -0.0000000700. The fraction of sp³-hybridized carbons (Fsp3) is 0.800. The monoisotopic (exact) mass is 560 g/mol. The van der Waals surface area contributed by atoms with E-state index < -0.39 is 21.0 Å². The van der Waals surface area contributed by atoms with Gasteiger partial charge in [-0.05, 0) is 41.5 Å². The molecule has 10 heteroatoms. The van der Waals surface area contributed by atoms with Gasteiger partial charge >= 0.3 is 33.0 Å². The Morgan fingerprint density at radius 2 is 0.800 bits per heavy atom. The summed E-state index contributed by atoms with van der Waals surface area (Å²) in [7, 11) is -2.80. The summed E-state index contributed by atoms with van der Waals surface area (Å²) >= 11 is 0. The second-order valence-corrected chi connectivity index (χ2v) is 7.08. The molecule has 30 heavy (non-hydrogen) atoms. The molecule has 0 amide bonds. The van der Waals surface area contributed by atoms with Crippen molar-refractivity contribution in [3.63, 3.8) is 0 Å². The molecule has 0 unspecified atom stereocenters. The minimum Gasteiger partial charge on any atom is -0.550 e. The third kappa shape index (κ3) is 63.0. The predicted molar refractivity (Wildman–Crippen MR) is 120 cm³/mol. The van der Waals surface area contributed by atoms with Gasteiger partial charge in [0.2, 0.25) is 0 Å². The number of hydrogen-bond donors (Lipinski definition) is 0. The summed E-state index contributed by atoms with van der Waals surface area (Å²) in [5.41, 5.74) is 0. The Bertz CT molecular complexity index is 264. The van der Waals surface area contributed by atoms with E-state index in [2.05, 4.69) is 27.7 Å². The number of carboxylic acids is 2. The number of hydrogen-bond acceptors (Lipinski definition) is 8. The molecule has 0 rings (SSSR count). The summed E-state index contributed by atoms with van der Waals surface area (Å²) in [6.45, 7) is 23.2. The normalized spacial score (nSPS) is 8.87. The van der Waals surface area contributed by atoms with Gasteiger partial charge in [-0.1, -0.05) is 53.4 Å². The second kappa shape index (κ2) is 39.3. The molecule has 0 fully saturated rings. The van der Waals surface area contributed by atoms with Crippen LogP contribution in [0.25, 0.3) is 0 Å². The zero-order valence-electron chi connectivity index (χ0n) is 20.3. The Kier molecular flexibility index (Phi) is 57.1. The quantitative estimate of drug-likeness (QED) is 0.373. The molecule has 0 spiro atoms. The minimum atomic E-state index is -2.80. The third-order valence-electron chi connectivity index (χ3n) is 1.99. The minimum absolute atomic E-state index is 0. The van der Waals surface area contributed by atoms with E-state index in [1.165, 1.54) is 12.8 Å². The van der Waals surface area contributed by atoms with Crippen LogP contribution in [-0.2, 0) is 27.3 Å². The van der Waals surface area contributed by atoms with Crippen molar-refractivity contribution in [1.29, 1.82) is 0 Å². The zero-order chi connectivity index (χ0) is 24.1. The van der Waals surface area contributed by atoms with Gasteiger partial charge in [0.05, 0.1) is 0 Å². The van der Waals surface area contributed by atoms with Crippen LogP contribution < -0.4 is 10.2 Å². The number of carbonyl (C=O) groups is 2. The first kappa shape index (κ1) is 43.6. The van der Waals surface area contributed by atoms with Crippen LogP contribution in [0.15, 0.2) is 0 Å². The van der Waals surface area contributed by atoms with Gasteiger partial charge in [-0.2, -0.15) is 0 Å². The summed E-state index contributed by atoms with van der Waals surface area (Å²) in [5.74, 6) is -2.17. The largest absolute Gasteiger partial charge is 2.00 e. The number of aliphatic carboxylic acids is 2. The summed E-state index contributed by atoms with van der Waals surface area (Å²) in [5, 5.41) is 17.8. The van der Waals surface area contributed by atoms with E-state index in [0.29, 0.717) is 26.4 Å². The van der Waals surface area contributed by atoms with Crippen molar-refractivity contribution in [2.75, 3.05) is 26.4 Å². The van der Waals surface area contributed by atoms with E-state index in [9.17, 15) is 0 Å². The zero-order valence-corrected chi connectivity index (χ0v) is 24.2. The van der Waals surface area contributed by atoms with Crippen molar-refractivity contribution >= 4 is 44.9 Å². The fourth-order valence-electron chi connectivity index (χ4n) is 0.957. The Morgan fingerprint density at radius 1 is 0.667 bits per heavy atom. The summed E-state index contributed by atoms with van der Waals surface area (Å²) in [6, 6.07) is 0. The smallest absolute Gasteiger partial charge is 0.550 e. The Hall–Kier alpha value is -0.204. The van der Waals surface area contributed by atoms with Gasteiger partial charge in [-0.15, -0.1) is 0 Å². The first-order valence-corrected chi connectivity index (χ1v) is 11.7. The van der Waals surface area contributed by atoms with Gasteiger partial charge in [0, 0.05) is 38.4 Å². The van der Waals surface area contributed by atoms with E-state index in [4.69, 9.17) is 37.5 Å². The van der Waals surface area contributed by atoms with Crippen molar-refractivity contribution in [3.05, 3.63) is 13.8 Å². The molecule has 0 bridgehead atoms. The van der Waals surface area contributed by atoms with Gasteiger partial charge < -0.3 is 37.5 Å². The molecule has 0 aliphatic heterocycles. The van der Waals surface area contributed by atoms with Crippen LogP contribution >= 0.6 is 0 Å². The van der Waals surface area contributed by atoms with Crippen molar-refractivity contribution in [1.82, 2.24) is 0 Å². The number of rotatable bonds is 10. The summed E-state index contributed by atoms with van der Waals surface area (Å²) < 4.78 is 21.7. The molecular weight excluding hydrogens is 515 g/mol. The molecule has 0 aromatic rings. The molecule has 8 nitrogen and oxygen atoms in total. The maximum atomic E-state index is 8.89. The van der Waals surface area contributed by atoms with Crippen molar-refractivity contribution < 1.29 is 37.5 Å². The third-order valence-corrected chi connectivity index (χ3v) is 4.56. The summed E-state index contributed by atoms with van der Waals surface area (Å²) in [4.78, 5) is 17.8. The molecule has 0 heterocycles. The van der Waals surface area contributed by atoms with Gasteiger partial charge in [0.1, 0.15) is 0 Å². The second-order valence-electron chi connectivity index (χ2n) is 4.92. The van der Waals surface area contributed by atoms with E-state index in [0.717, 1.165) is 26.7 Å². The van der Waals surface area contributed by atoms with E-state index >= 15 is 0 Å². The summed E-state index contributed by atoms with van der Waals surface area (Å²) in [6.07, 6.45) is 4.56. The van der Waals surface area contributed by atoms with Gasteiger partial charge in [0.25, 0.3) is 0 Å². The SMILES string of the molecule is CC(=O)[O-].CC(=O)[O-].CCO[Si](OCC)(OCC)OCC.[CH2]CCC.[CH2]CCC.[Sn+2]. The molecule has 0 aliphatic carbocycles. The molecule has 0 aliphatic rings. The number of carboxylic acid groups (broad SMARTS) is 2. The van der Waals surface area contributed by atoms with E-state index in [1.807, 2.05) is 27.7 Å². The molecule has 0 saturated carbocycles. The van der Waals surface area contributed by atoms with Crippen LogP contribution in [0.2, 0.25) is 0 Å². The molecule has 4 radical (unpaired) electrons. The van der Waals surface area contributed by atoms with Crippen molar-refractivity contribution in [2.24, 2.45) is 0 Å². The maximum Gasteiger partial charge on any atom is 2.00 e. The van der Waals surface area contributed by atoms with Gasteiger partial charge in [-0.25, -0.2) is 0 Å². The molecule has 0 atom stereocenters. The van der Waals surface area contributed by atoms with Crippen LogP contribution in [0, 0.1) is 13.8 Å². The molecule has 0 aromatic heterocycles. The average Bonchev–Trinajstić information content (AvgIpc) is 2.62. The molecule has 0 saturated heterocycles. The van der Waals surface area contributed by atoms with Crippen LogP contribution in [-0.4, -0.2) is 71.3 Å². The van der Waals surface area contributed by atoms with Crippen molar-refractivity contribution in [2.45, 2.75) is 81.1 Å². The van der Waals surface area contributed by atoms with Crippen LogP contribution in [0.1, 0.15) is 81.1 Å². The van der Waals surface area contributed by atoms with Gasteiger partial charge in [0.15, 0.2) is 0 Å². The van der Waals surface area contributed by atoms with Crippen LogP contribution in [0.5, 0.6) is 0 Å². The predicted octanol–water partition coefficient (Wildman–Crippen LogP) is 1.94. The van der Waals surface area contributed by atoms with Gasteiger partial charge in [-0.3, -0.25) is 0 Å². The first-order valence-electron chi connectivity index (χ1n) is 10.0. The Labute approximate surface area is 203 Å². The fourth-order valence-corrected chi connectivity index (χ4v) is 2.87. The maximum absolute atomic E-state index is 8.89. The van der Waals surface area contributed by atoms with Crippen molar-refractivity contribution in [3.8, 4) is 0 Å². The molecule has 0 aromatic carbocycles.